The predicted molar refractivity (Wildman–Crippen MR) is 107 cm³/mol. The maximum atomic E-state index is 14.1. The number of aromatic nitrogens is 3. The number of fused-ring (bicyclic) bond motifs is 1. The first-order valence-corrected chi connectivity index (χ1v) is 10.3. The highest BCUT2D eigenvalue weighted by Gasteiger charge is 2.17. The van der Waals surface area contributed by atoms with Gasteiger partial charge in [0.15, 0.2) is 11.6 Å². The number of rotatable bonds is 6. The van der Waals surface area contributed by atoms with E-state index >= 15 is 0 Å². The van der Waals surface area contributed by atoms with Gasteiger partial charge in [-0.05, 0) is 43.3 Å². The molecule has 0 aliphatic carbocycles. The van der Waals surface area contributed by atoms with Gasteiger partial charge in [0.05, 0.1) is 17.2 Å². The van der Waals surface area contributed by atoms with E-state index in [1.807, 2.05) is 12.3 Å². The fourth-order valence-electron chi connectivity index (χ4n) is 2.85. The topological polar surface area (TPSA) is 85.6 Å². The third-order valence-electron chi connectivity index (χ3n) is 4.16. The van der Waals surface area contributed by atoms with E-state index in [4.69, 9.17) is 4.74 Å². The van der Waals surface area contributed by atoms with Crippen LogP contribution in [0.4, 0.5) is 10.1 Å². The molecule has 4 rings (SSSR count). The van der Waals surface area contributed by atoms with Crippen LogP contribution in [0.2, 0.25) is 0 Å². The summed E-state index contributed by atoms with van der Waals surface area (Å²) in [5.41, 5.74) is 1.70. The van der Waals surface area contributed by atoms with Gasteiger partial charge in [-0.1, -0.05) is 12.1 Å². The molecule has 7 nitrogen and oxygen atoms in total. The van der Waals surface area contributed by atoms with Crippen LogP contribution in [0.25, 0.3) is 17.0 Å². The van der Waals surface area contributed by atoms with Crippen LogP contribution in [0, 0.1) is 5.82 Å². The second-order valence-corrected chi connectivity index (χ2v) is 7.85. The van der Waals surface area contributed by atoms with Gasteiger partial charge in [0.25, 0.3) is 10.0 Å². The van der Waals surface area contributed by atoms with Crippen molar-refractivity contribution in [3.63, 3.8) is 0 Å². The lowest BCUT2D eigenvalue weighted by Crippen LogP contribution is -2.13. The van der Waals surface area contributed by atoms with Gasteiger partial charge in [0.2, 0.25) is 5.78 Å². The molecule has 0 unspecified atom stereocenters. The summed E-state index contributed by atoms with van der Waals surface area (Å²) in [6.07, 6.45) is 5.27. The highest BCUT2D eigenvalue weighted by molar-refractivity contribution is 7.92. The molecule has 0 saturated heterocycles. The highest BCUT2D eigenvalue weighted by atomic mass is 32.2. The molecule has 2 heterocycles. The summed E-state index contributed by atoms with van der Waals surface area (Å²) in [5.74, 6) is -0.187. The Balaban J connectivity index is 1.62. The summed E-state index contributed by atoms with van der Waals surface area (Å²) in [5, 5.41) is 0. The molecule has 0 aliphatic heterocycles. The fourth-order valence-corrected chi connectivity index (χ4v) is 3.91. The molecule has 148 valence electrons. The zero-order valence-electron chi connectivity index (χ0n) is 15.4. The first-order chi connectivity index (χ1) is 14.0. The van der Waals surface area contributed by atoms with Crippen LogP contribution < -0.4 is 9.46 Å². The number of nitrogens with zero attached hydrogens (tertiary/aromatic N) is 3. The van der Waals surface area contributed by atoms with Crippen LogP contribution in [0.3, 0.4) is 0 Å². The number of nitrogens with one attached hydrogen (secondary N) is 1. The van der Waals surface area contributed by atoms with Crippen LogP contribution in [0.15, 0.2) is 72.0 Å². The van der Waals surface area contributed by atoms with E-state index in [1.165, 1.54) is 12.1 Å². The van der Waals surface area contributed by atoms with Gasteiger partial charge >= 0.3 is 0 Å². The number of halogens is 1. The van der Waals surface area contributed by atoms with Crippen LogP contribution in [0.5, 0.6) is 5.75 Å². The van der Waals surface area contributed by atoms with Crippen molar-refractivity contribution in [1.29, 1.82) is 0 Å². The molecule has 0 amide bonds. The Kier molecular flexibility index (Phi) is 4.89. The van der Waals surface area contributed by atoms with Crippen molar-refractivity contribution in [2.75, 3.05) is 11.3 Å². The smallest absolute Gasteiger partial charge is 0.262 e. The van der Waals surface area contributed by atoms with Crippen molar-refractivity contribution >= 4 is 21.5 Å². The molecule has 4 aromatic rings. The summed E-state index contributed by atoms with van der Waals surface area (Å²) >= 11 is 0. The van der Waals surface area contributed by atoms with Gasteiger partial charge in [0, 0.05) is 29.8 Å². The Labute approximate surface area is 166 Å². The number of ether oxygens (including phenoxy) is 1. The summed E-state index contributed by atoms with van der Waals surface area (Å²) in [6.45, 7) is 2.00. The average Bonchev–Trinajstić information content (AvgIpc) is 3.14. The SMILES string of the molecule is CCOc1ccc(S(=O)(=O)Nc2cccc(-c3cn4cccnc4n3)c2)cc1F. The molecular weight excluding hydrogens is 395 g/mol. The van der Waals surface area contributed by atoms with Gasteiger partial charge in [-0.25, -0.2) is 22.8 Å². The molecule has 0 bridgehead atoms. The third kappa shape index (κ3) is 3.90. The summed E-state index contributed by atoms with van der Waals surface area (Å²) in [4.78, 5) is 8.41. The predicted octanol–water partition coefficient (Wildman–Crippen LogP) is 3.73. The second kappa shape index (κ2) is 7.51. The fraction of sp³-hybridized carbons (Fsp3) is 0.100. The normalized spacial score (nSPS) is 11.5. The maximum absolute atomic E-state index is 14.1. The number of anilines is 1. The first-order valence-electron chi connectivity index (χ1n) is 8.81. The van der Waals surface area contributed by atoms with Crippen molar-refractivity contribution in [3.05, 3.63) is 72.9 Å². The molecule has 0 spiro atoms. The largest absolute Gasteiger partial charge is 0.491 e. The Morgan fingerprint density at radius 3 is 2.79 bits per heavy atom. The number of sulfonamides is 1. The minimum Gasteiger partial charge on any atom is -0.491 e. The Bertz CT molecular complexity index is 1250. The second-order valence-electron chi connectivity index (χ2n) is 6.16. The van der Waals surface area contributed by atoms with Crippen LogP contribution in [-0.4, -0.2) is 29.4 Å². The molecule has 1 N–H and O–H groups in total. The Hall–Kier alpha value is -3.46. The van der Waals surface area contributed by atoms with Crippen molar-refractivity contribution in [3.8, 4) is 17.0 Å². The van der Waals surface area contributed by atoms with Crippen molar-refractivity contribution in [2.24, 2.45) is 0 Å². The molecule has 0 fully saturated rings. The van der Waals surface area contributed by atoms with Gasteiger partial charge < -0.3 is 4.74 Å². The monoisotopic (exact) mass is 412 g/mol. The van der Waals surface area contributed by atoms with Gasteiger partial charge in [-0.3, -0.25) is 9.12 Å². The third-order valence-corrected chi connectivity index (χ3v) is 5.54. The molecule has 2 aromatic carbocycles. The lowest BCUT2D eigenvalue weighted by molar-refractivity contribution is 0.321. The molecule has 0 saturated carbocycles. The first kappa shape index (κ1) is 18.9. The molecule has 0 aliphatic rings. The quantitative estimate of drug-likeness (QED) is 0.522. The lowest BCUT2D eigenvalue weighted by atomic mass is 10.1. The summed E-state index contributed by atoms with van der Waals surface area (Å²) in [7, 11) is -3.97. The number of hydrogen-bond acceptors (Lipinski definition) is 5. The standard InChI is InChI=1S/C20H17FN4O3S/c1-2-28-19-8-7-16(12-17(19)21)29(26,27)24-15-6-3-5-14(11-15)18-13-25-10-4-9-22-20(25)23-18/h3-13,24H,2H2,1H3. The molecule has 0 radical (unpaired) electrons. The Morgan fingerprint density at radius 2 is 2.03 bits per heavy atom. The van der Waals surface area contributed by atoms with E-state index in [2.05, 4.69) is 14.7 Å². The van der Waals surface area contributed by atoms with Crippen molar-refractivity contribution < 1.29 is 17.5 Å². The molecule has 9 heteroatoms. The van der Waals surface area contributed by atoms with Gasteiger partial charge in [0.1, 0.15) is 0 Å². The van der Waals surface area contributed by atoms with E-state index < -0.39 is 15.8 Å². The molecule has 2 aromatic heterocycles. The summed E-state index contributed by atoms with van der Waals surface area (Å²) in [6, 6.07) is 12.1. The molecule has 29 heavy (non-hydrogen) atoms. The van der Waals surface area contributed by atoms with Crippen LogP contribution in [-0.2, 0) is 10.0 Å². The number of imidazole rings is 1. The van der Waals surface area contributed by atoms with E-state index in [0.717, 1.165) is 6.07 Å². The number of benzene rings is 2. The zero-order valence-corrected chi connectivity index (χ0v) is 16.2. The van der Waals surface area contributed by atoms with Crippen LogP contribution >= 0.6 is 0 Å². The molecule has 0 atom stereocenters. The van der Waals surface area contributed by atoms with Crippen molar-refractivity contribution in [1.82, 2.24) is 14.4 Å². The van der Waals surface area contributed by atoms with Crippen molar-refractivity contribution in [2.45, 2.75) is 11.8 Å². The Morgan fingerprint density at radius 1 is 1.17 bits per heavy atom. The minimum absolute atomic E-state index is 0.00825. The van der Waals surface area contributed by atoms with E-state index in [-0.39, 0.29) is 17.3 Å². The highest BCUT2D eigenvalue weighted by Crippen LogP contribution is 2.26. The lowest BCUT2D eigenvalue weighted by Gasteiger charge is -2.10. The van der Waals surface area contributed by atoms with E-state index in [0.29, 0.717) is 22.7 Å². The molecular formula is C20H17FN4O3S. The van der Waals surface area contributed by atoms with Crippen LogP contribution in [0.1, 0.15) is 6.92 Å². The van der Waals surface area contributed by atoms with E-state index in [1.54, 1.807) is 48.0 Å². The maximum Gasteiger partial charge on any atom is 0.262 e. The van der Waals surface area contributed by atoms with E-state index in [9.17, 15) is 12.8 Å². The number of hydrogen-bond donors (Lipinski definition) is 1. The average molecular weight is 412 g/mol. The minimum atomic E-state index is -3.97. The summed E-state index contributed by atoms with van der Waals surface area (Å²) < 4.78 is 48.7. The zero-order chi connectivity index (χ0) is 20.4. The van der Waals surface area contributed by atoms with Gasteiger partial charge in [-0.15, -0.1) is 0 Å². The van der Waals surface area contributed by atoms with Gasteiger partial charge in [-0.2, -0.15) is 0 Å².